The SMILES string of the molecule is CC1CN(CC2CCN(CC(=O)NC(c3ccccc3)C(C)C)CC2)CC(C)O1. The summed E-state index contributed by atoms with van der Waals surface area (Å²) >= 11 is 0. The highest BCUT2D eigenvalue weighted by atomic mass is 16.5. The fourth-order valence-electron chi connectivity index (χ4n) is 4.84. The van der Waals surface area contributed by atoms with Crippen LogP contribution in [0.25, 0.3) is 0 Å². The maximum Gasteiger partial charge on any atom is 0.234 e. The van der Waals surface area contributed by atoms with E-state index < -0.39 is 0 Å². The lowest BCUT2D eigenvalue weighted by molar-refractivity contribution is -0.123. The van der Waals surface area contributed by atoms with E-state index >= 15 is 0 Å². The summed E-state index contributed by atoms with van der Waals surface area (Å²) in [5.74, 6) is 1.24. The fourth-order valence-corrected chi connectivity index (χ4v) is 4.84. The topological polar surface area (TPSA) is 44.8 Å². The third-order valence-corrected chi connectivity index (χ3v) is 6.23. The van der Waals surface area contributed by atoms with E-state index in [-0.39, 0.29) is 11.9 Å². The van der Waals surface area contributed by atoms with Gasteiger partial charge in [-0.25, -0.2) is 0 Å². The molecule has 3 unspecified atom stereocenters. The van der Waals surface area contributed by atoms with Gasteiger partial charge >= 0.3 is 0 Å². The number of carbonyl (C=O) groups excluding carboxylic acids is 1. The third kappa shape index (κ3) is 6.80. The zero-order valence-corrected chi connectivity index (χ0v) is 18.6. The molecule has 1 N–H and O–H groups in total. The highest BCUT2D eigenvalue weighted by Gasteiger charge is 2.27. The van der Waals surface area contributed by atoms with Gasteiger partial charge in [-0.2, -0.15) is 0 Å². The number of ether oxygens (including phenoxy) is 1. The molecule has 1 aromatic carbocycles. The first-order chi connectivity index (χ1) is 13.9. The lowest BCUT2D eigenvalue weighted by Crippen LogP contribution is -2.49. The van der Waals surface area contributed by atoms with Crippen LogP contribution in [0.15, 0.2) is 30.3 Å². The van der Waals surface area contributed by atoms with Crippen molar-refractivity contribution in [1.82, 2.24) is 15.1 Å². The molecule has 162 valence electrons. The molecular weight excluding hydrogens is 362 g/mol. The Morgan fingerprint density at radius 1 is 1.07 bits per heavy atom. The first-order valence-corrected chi connectivity index (χ1v) is 11.3. The van der Waals surface area contributed by atoms with Gasteiger partial charge in [-0.15, -0.1) is 0 Å². The van der Waals surface area contributed by atoms with Gasteiger partial charge in [0.1, 0.15) is 0 Å². The molecular formula is C24H39N3O2. The zero-order chi connectivity index (χ0) is 20.8. The molecule has 5 nitrogen and oxygen atoms in total. The molecule has 0 radical (unpaired) electrons. The van der Waals surface area contributed by atoms with Crippen LogP contribution in [0.5, 0.6) is 0 Å². The van der Waals surface area contributed by atoms with Crippen LogP contribution in [0.3, 0.4) is 0 Å². The number of piperidine rings is 1. The molecule has 0 saturated carbocycles. The van der Waals surface area contributed by atoms with E-state index in [0.29, 0.717) is 24.7 Å². The van der Waals surface area contributed by atoms with E-state index in [4.69, 9.17) is 4.74 Å². The Morgan fingerprint density at radius 3 is 2.28 bits per heavy atom. The van der Waals surface area contributed by atoms with Crippen LogP contribution < -0.4 is 5.32 Å². The average molecular weight is 402 g/mol. The molecule has 0 spiro atoms. The predicted molar refractivity (Wildman–Crippen MR) is 118 cm³/mol. The van der Waals surface area contributed by atoms with Crippen molar-refractivity contribution in [2.75, 3.05) is 39.3 Å². The van der Waals surface area contributed by atoms with E-state index in [1.807, 2.05) is 18.2 Å². The second-order valence-electron chi connectivity index (χ2n) is 9.40. The number of benzene rings is 1. The first-order valence-electron chi connectivity index (χ1n) is 11.3. The molecule has 3 atom stereocenters. The number of rotatable bonds is 7. The lowest BCUT2D eigenvalue weighted by atomic mass is 9.95. The van der Waals surface area contributed by atoms with Crippen LogP contribution in [0.1, 0.15) is 52.1 Å². The smallest absolute Gasteiger partial charge is 0.234 e. The summed E-state index contributed by atoms with van der Waals surface area (Å²) in [7, 11) is 0. The normalized spacial score (nSPS) is 25.8. The Hall–Kier alpha value is -1.43. The van der Waals surface area contributed by atoms with Crippen molar-refractivity contribution in [3.8, 4) is 0 Å². The highest BCUT2D eigenvalue weighted by Crippen LogP contribution is 2.23. The van der Waals surface area contributed by atoms with Gasteiger partial charge in [0.15, 0.2) is 0 Å². The molecule has 1 amide bonds. The summed E-state index contributed by atoms with van der Waals surface area (Å²) in [6.07, 6.45) is 3.03. The number of hydrogen-bond donors (Lipinski definition) is 1. The zero-order valence-electron chi connectivity index (χ0n) is 18.6. The van der Waals surface area contributed by atoms with Crippen LogP contribution in [0.4, 0.5) is 0 Å². The maximum absolute atomic E-state index is 12.7. The van der Waals surface area contributed by atoms with Crippen LogP contribution in [0, 0.1) is 11.8 Å². The molecule has 5 heteroatoms. The first kappa shape index (κ1) is 22.3. The van der Waals surface area contributed by atoms with Crippen LogP contribution in [-0.4, -0.2) is 67.2 Å². The molecule has 0 aromatic heterocycles. The quantitative estimate of drug-likeness (QED) is 0.761. The minimum absolute atomic E-state index is 0.0755. The molecule has 29 heavy (non-hydrogen) atoms. The minimum atomic E-state index is 0.0755. The van der Waals surface area contributed by atoms with Gasteiger partial charge in [0.2, 0.25) is 5.91 Å². The van der Waals surface area contributed by atoms with Gasteiger partial charge < -0.3 is 10.1 Å². The molecule has 0 bridgehead atoms. The van der Waals surface area contributed by atoms with Gasteiger partial charge in [0.25, 0.3) is 0 Å². The number of likely N-dealkylation sites (tertiary alicyclic amines) is 1. The number of hydrogen-bond acceptors (Lipinski definition) is 4. The molecule has 2 aliphatic rings. The summed E-state index contributed by atoms with van der Waals surface area (Å²) in [6, 6.07) is 10.4. The summed E-state index contributed by atoms with van der Waals surface area (Å²) in [5.41, 5.74) is 1.18. The predicted octanol–water partition coefficient (Wildman–Crippen LogP) is 3.32. The summed E-state index contributed by atoms with van der Waals surface area (Å²) < 4.78 is 5.85. The van der Waals surface area contributed by atoms with Gasteiger partial charge in [-0.1, -0.05) is 44.2 Å². The Morgan fingerprint density at radius 2 is 1.69 bits per heavy atom. The third-order valence-electron chi connectivity index (χ3n) is 6.23. The van der Waals surface area contributed by atoms with Crippen LogP contribution >= 0.6 is 0 Å². The van der Waals surface area contributed by atoms with Crippen molar-refractivity contribution in [2.24, 2.45) is 11.8 Å². The van der Waals surface area contributed by atoms with Crippen LogP contribution in [-0.2, 0) is 9.53 Å². The van der Waals surface area contributed by atoms with E-state index in [0.717, 1.165) is 32.1 Å². The number of carbonyl (C=O) groups is 1. The van der Waals surface area contributed by atoms with Crippen molar-refractivity contribution in [3.63, 3.8) is 0 Å². The molecule has 2 fully saturated rings. The Bertz CT molecular complexity index is 618. The molecule has 3 rings (SSSR count). The molecule has 1 aromatic rings. The van der Waals surface area contributed by atoms with Crippen molar-refractivity contribution in [1.29, 1.82) is 0 Å². The highest BCUT2D eigenvalue weighted by molar-refractivity contribution is 5.78. The Kier molecular flexibility index (Phi) is 8.10. The second-order valence-corrected chi connectivity index (χ2v) is 9.40. The van der Waals surface area contributed by atoms with E-state index in [9.17, 15) is 4.79 Å². The van der Waals surface area contributed by atoms with E-state index in [2.05, 4.69) is 54.9 Å². The van der Waals surface area contributed by atoms with Crippen molar-refractivity contribution in [2.45, 2.75) is 58.8 Å². The molecule has 2 aliphatic heterocycles. The molecule has 2 saturated heterocycles. The van der Waals surface area contributed by atoms with Gasteiger partial charge in [0.05, 0.1) is 24.8 Å². The largest absolute Gasteiger partial charge is 0.373 e. The molecule has 0 aliphatic carbocycles. The monoisotopic (exact) mass is 401 g/mol. The average Bonchev–Trinajstić information content (AvgIpc) is 2.67. The van der Waals surface area contributed by atoms with Gasteiger partial charge in [-0.05, 0) is 57.2 Å². The van der Waals surface area contributed by atoms with E-state index in [1.165, 1.54) is 24.9 Å². The number of nitrogens with one attached hydrogen (secondary N) is 1. The number of amides is 1. The Balaban J connectivity index is 1.42. The van der Waals surface area contributed by atoms with Gasteiger partial charge in [0, 0.05) is 19.6 Å². The van der Waals surface area contributed by atoms with Crippen molar-refractivity contribution in [3.05, 3.63) is 35.9 Å². The fraction of sp³-hybridized carbons (Fsp3) is 0.708. The van der Waals surface area contributed by atoms with Crippen molar-refractivity contribution < 1.29 is 9.53 Å². The van der Waals surface area contributed by atoms with Crippen molar-refractivity contribution >= 4 is 5.91 Å². The second kappa shape index (κ2) is 10.6. The van der Waals surface area contributed by atoms with Gasteiger partial charge in [-0.3, -0.25) is 14.6 Å². The summed E-state index contributed by atoms with van der Waals surface area (Å²) in [4.78, 5) is 17.6. The summed E-state index contributed by atoms with van der Waals surface area (Å²) in [5, 5.41) is 3.26. The van der Waals surface area contributed by atoms with E-state index in [1.54, 1.807) is 0 Å². The van der Waals surface area contributed by atoms with Crippen LogP contribution in [0.2, 0.25) is 0 Å². The maximum atomic E-state index is 12.7. The number of nitrogens with zero attached hydrogens (tertiary/aromatic N) is 2. The number of morpholine rings is 1. The standard InChI is InChI=1S/C24H39N3O2/c1-18(2)24(22-8-6-5-7-9-22)25-23(28)17-26-12-10-21(11-13-26)16-27-14-19(3)29-20(4)15-27/h5-9,18-21,24H,10-17H2,1-4H3,(H,25,28). The molecule has 2 heterocycles. The lowest BCUT2D eigenvalue weighted by Gasteiger charge is -2.39. The minimum Gasteiger partial charge on any atom is -0.373 e. The Labute approximate surface area is 176 Å². The summed E-state index contributed by atoms with van der Waals surface area (Å²) in [6.45, 7) is 14.5.